The number of nitrogens with one attached hydrogen (secondary N) is 1. The Morgan fingerprint density at radius 1 is 1.04 bits per heavy atom. The molecule has 2 aromatic carbocycles. The highest BCUT2D eigenvalue weighted by Gasteiger charge is 2.11. The fourth-order valence-electron chi connectivity index (χ4n) is 2.73. The van der Waals surface area contributed by atoms with E-state index in [9.17, 15) is 4.79 Å². The minimum Gasteiger partial charge on any atom is -0.321 e. The van der Waals surface area contributed by atoms with Gasteiger partial charge in [-0.3, -0.25) is 9.48 Å². The van der Waals surface area contributed by atoms with Gasteiger partial charge in [0.1, 0.15) is 0 Å². The first-order chi connectivity index (χ1) is 13.2. The van der Waals surface area contributed by atoms with Gasteiger partial charge in [-0.1, -0.05) is 29.8 Å². The summed E-state index contributed by atoms with van der Waals surface area (Å²) in [6.45, 7) is 0.639. The highest BCUT2D eigenvalue weighted by atomic mass is 35.5. The van der Waals surface area contributed by atoms with Crippen molar-refractivity contribution in [3.05, 3.63) is 95.5 Å². The standard InChI is InChI=1S/C20H16ClN5O/c21-16-5-2-7-18(13-16)26-11-8-19(24-26)20(27)23-17-6-1-4-15(12-17)14-25-10-3-9-22-25/h1-13H,14H2,(H,23,27). The van der Waals surface area contributed by atoms with Crippen molar-refractivity contribution in [2.45, 2.75) is 6.54 Å². The van der Waals surface area contributed by atoms with Gasteiger partial charge in [-0.2, -0.15) is 10.2 Å². The minimum absolute atomic E-state index is 0.271. The summed E-state index contributed by atoms with van der Waals surface area (Å²) in [5, 5.41) is 12.0. The lowest BCUT2D eigenvalue weighted by Crippen LogP contribution is -2.13. The molecule has 134 valence electrons. The van der Waals surface area contributed by atoms with Crippen LogP contribution in [0.1, 0.15) is 16.1 Å². The first-order valence-corrected chi connectivity index (χ1v) is 8.74. The lowest BCUT2D eigenvalue weighted by molar-refractivity contribution is 0.102. The minimum atomic E-state index is -0.271. The highest BCUT2D eigenvalue weighted by Crippen LogP contribution is 2.16. The molecule has 0 radical (unpaired) electrons. The number of carbonyl (C=O) groups is 1. The van der Waals surface area contributed by atoms with Crippen LogP contribution < -0.4 is 5.32 Å². The molecule has 0 aliphatic carbocycles. The lowest BCUT2D eigenvalue weighted by atomic mass is 10.2. The molecule has 6 nitrogen and oxygen atoms in total. The lowest BCUT2D eigenvalue weighted by Gasteiger charge is -2.07. The van der Waals surface area contributed by atoms with Crippen LogP contribution in [0.5, 0.6) is 0 Å². The summed E-state index contributed by atoms with van der Waals surface area (Å²) in [6, 6.07) is 18.5. The maximum atomic E-state index is 12.5. The number of rotatable bonds is 5. The van der Waals surface area contributed by atoms with Crippen molar-refractivity contribution in [2.75, 3.05) is 5.32 Å². The highest BCUT2D eigenvalue weighted by molar-refractivity contribution is 6.30. The number of hydrogen-bond donors (Lipinski definition) is 1. The van der Waals surface area contributed by atoms with Gasteiger partial charge in [-0.25, -0.2) is 4.68 Å². The Bertz CT molecular complexity index is 1070. The molecule has 0 unspecified atom stereocenters. The summed E-state index contributed by atoms with van der Waals surface area (Å²) in [7, 11) is 0. The molecular formula is C20H16ClN5O. The van der Waals surface area contributed by atoms with Gasteiger partial charge in [0.2, 0.25) is 0 Å². The molecule has 1 amide bonds. The van der Waals surface area contributed by atoms with Crippen molar-refractivity contribution < 1.29 is 4.79 Å². The molecule has 0 fully saturated rings. The molecule has 0 atom stereocenters. The second kappa shape index (κ2) is 7.47. The van der Waals surface area contributed by atoms with Gasteiger partial charge in [-0.15, -0.1) is 0 Å². The van der Waals surface area contributed by atoms with Crippen LogP contribution in [-0.4, -0.2) is 25.5 Å². The number of halogens is 1. The molecule has 2 aromatic heterocycles. The van der Waals surface area contributed by atoms with E-state index < -0.39 is 0 Å². The predicted molar refractivity (Wildman–Crippen MR) is 104 cm³/mol. The molecule has 1 N–H and O–H groups in total. The number of nitrogens with zero attached hydrogens (tertiary/aromatic N) is 4. The average molecular weight is 378 g/mol. The van der Waals surface area contributed by atoms with Crippen molar-refractivity contribution >= 4 is 23.2 Å². The molecule has 7 heteroatoms. The maximum absolute atomic E-state index is 12.5. The van der Waals surface area contributed by atoms with E-state index in [4.69, 9.17) is 11.6 Å². The molecule has 0 saturated carbocycles. The third kappa shape index (κ3) is 4.07. The third-order valence-electron chi connectivity index (χ3n) is 3.98. The molecule has 0 saturated heterocycles. The summed E-state index contributed by atoms with van der Waals surface area (Å²) in [5.74, 6) is -0.271. The largest absolute Gasteiger partial charge is 0.321 e. The topological polar surface area (TPSA) is 64.7 Å². The fraction of sp³-hybridized carbons (Fsp3) is 0.0500. The van der Waals surface area contributed by atoms with Gasteiger partial charge in [0.05, 0.1) is 12.2 Å². The molecule has 4 rings (SSSR count). The van der Waals surface area contributed by atoms with Gasteiger partial charge in [0.15, 0.2) is 5.69 Å². The van der Waals surface area contributed by atoms with E-state index in [0.29, 0.717) is 22.9 Å². The number of hydrogen-bond acceptors (Lipinski definition) is 3. The third-order valence-corrected chi connectivity index (χ3v) is 4.22. The number of benzene rings is 2. The van der Waals surface area contributed by atoms with Crippen molar-refractivity contribution in [3.8, 4) is 5.69 Å². The van der Waals surface area contributed by atoms with Crippen molar-refractivity contribution in [1.29, 1.82) is 0 Å². The van der Waals surface area contributed by atoms with Crippen molar-refractivity contribution in [1.82, 2.24) is 19.6 Å². The average Bonchev–Trinajstić information content (AvgIpc) is 3.34. The summed E-state index contributed by atoms with van der Waals surface area (Å²) in [4.78, 5) is 12.5. The van der Waals surface area contributed by atoms with Gasteiger partial charge in [0, 0.05) is 29.3 Å². The Labute approximate surface area is 161 Å². The molecular weight excluding hydrogens is 362 g/mol. The first kappa shape index (κ1) is 17.1. The zero-order chi connectivity index (χ0) is 18.6. The molecule has 27 heavy (non-hydrogen) atoms. The molecule has 0 bridgehead atoms. The second-order valence-electron chi connectivity index (χ2n) is 5.98. The van der Waals surface area contributed by atoms with E-state index in [1.807, 2.05) is 53.3 Å². The molecule has 4 aromatic rings. The Kier molecular flexibility index (Phi) is 4.72. The Morgan fingerprint density at radius 2 is 1.93 bits per heavy atom. The van der Waals surface area contributed by atoms with Crippen LogP contribution in [0.2, 0.25) is 5.02 Å². The van der Waals surface area contributed by atoms with E-state index in [0.717, 1.165) is 11.3 Å². The fourth-order valence-corrected chi connectivity index (χ4v) is 2.92. The Balaban J connectivity index is 1.48. The number of anilines is 1. The van der Waals surface area contributed by atoms with Crippen LogP contribution >= 0.6 is 11.6 Å². The van der Waals surface area contributed by atoms with Crippen molar-refractivity contribution in [2.24, 2.45) is 0 Å². The summed E-state index contributed by atoms with van der Waals surface area (Å²) in [5.41, 5.74) is 2.87. The second-order valence-corrected chi connectivity index (χ2v) is 6.42. The van der Waals surface area contributed by atoms with Crippen LogP contribution in [0.25, 0.3) is 5.69 Å². The summed E-state index contributed by atoms with van der Waals surface area (Å²) >= 11 is 6.01. The molecule has 0 aliphatic rings. The van der Waals surface area contributed by atoms with E-state index in [-0.39, 0.29) is 5.91 Å². The van der Waals surface area contributed by atoms with Crippen LogP contribution in [0.4, 0.5) is 5.69 Å². The molecule has 2 heterocycles. The van der Waals surface area contributed by atoms with Crippen LogP contribution in [0.15, 0.2) is 79.3 Å². The van der Waals surface area contributed by atoms with Gasteiger partial charge >= 0.3 is 0 Å². The van der Waals surface area contributed by atoms with E-state index in [1.54, 1.807) is 35.3 Å². The van der Waals surface area contributed by atoms with Crippen molar-refractivity contribution in [3.63, 3.8) is 0 Å². The Hall–Kier alpha value is -3.38. The normalized spacial score (nSPS) is 10.7. The number of amides is 1. The summed E-state index contributed by atoms with van der Waals surface area (Å²) in [6.07, 6.45) is 5.37. The zero-order valence-corrected chi connectivity index (χ0v) is 15.0. The van der Waals surface area contributed by atoms with Gasteiger partial charge in [-0.05, 0) is 48.0 Å². The maximum Gasteiger partial charge on any atom is 0.276 e. The first-order valence-electron chi connectivity index (χ1n) is 8.37. The van der Waals surface area contributed by atoms with Gasteiger partial charge in [0.25, 0.3) is 5.91 Å². The monoisotopic (exact) mass is 377 g/mol. The van der Waals surface area contributed by atoms with E-state index in [1.165, 1.54) is 0 Å². The SMILES string of the molecule is O=C(Nc1cccc(Cn2cccn2)c1)c1ccn(-c2cccc(Cl)c2)n1. The van der Waals surface area contributed by atoms with E-state index >= 15 is 0 Å². The molecule has 0 aliphatic heterocycles. The number of aromatic nitrogens is 4. The quantitative estimate of drug-likeness (QED) is 0.571. The van der Waals surface area contributed by atoms with Crippen LogP contribution in [0, 0.1) is 0 Å². The molecule has 0 spiro atoms. The van der Waals surface area contributed by atoms with E-state index in [2.05, 4.69) is 15.5 Å². The van der Waals surface area contributed by atoms with Crippen LogP contribution in [-0.2, 0) is 6.54 Å². The van der Waals surface area contributed by atoms with Gasteiger partial charge < -0.3 is 5.32 Å². The Morgan fingerprint density at radius 3 is 2.74 bits per heavy atom. The smallest absolute Gasteiger partial charge is 0.276 e. The summed E-state index contributed by atoms with van der Waals surface area (Å²) < 4.78 is 3.45. The predicted octanol–water partition coefficient (Wildman–Crippen LogP) is 4.02. The van der Waals surface area contributed by atoms with Crippen LogP contribution in [0.3, 0.4) is 0 Å². The number of carbonyl (C=O) groups excluding carboxylic acids is 1. The zero-order valence-electron chi connectivity index (χ0n) is 14.3.